The predicted octanol–water partition coefficient (Wildman–Crippen LogP) is 2.12. The van der Waals surface area contributed by atoms with Crippen LogP contribution in [-0.2, 0) is 20.8 Å². The Morgan fingerprint density at radius 2 is 2.08 bits per heavy atom. The molecule has 2 fully saturated rings. The highest BCUT2D eigenvalue weighted by Gasteiger charge is 2.47. The molecule has 0 radical (unpaired) electrons. The minimum Gasteiger partial charge on any atom is -0.468 e. The maximum atomic E-state index is 12.0. The second-order valence-electron chi connectivity index (χ2n) is 10.5. The Morgan fingerprint density at radius 3 is 2.79 bits per heavy atom. The maximum Gasteiger partial charge on any atom is 0.325 e. The first-order valence-electron chi connectivity index (χ1n) is 13.1. The quantitative estimate of drug-likeness (QED) is 0.484. The van der Waals surface area contributed by atoms with Gasteiger partial charge in [0.25, 0.3) is 0 Å². The number of piperidine rings is 1. The van der Waals surface area contributed by atoms with E-state index < -0.39 is 0 Å². The van der Waals surface area contributed by atoms with E-state index in [2.05, 4.69) is 21.6 Å². The van der Waals surface area contributed by atoms with Crippen LogP contribution in [0.3, 0.4) is 0 Å². The number of carbonyl (C=O) groups excluding carboxylic acids is 1. The molecule has 11 nitrogen and oxygen atoms in total. The number of aliphatic imine (C=N–C) groups is 1. The van der Waals surface area contributed by atoms with Crippen LogP contribution in [0.15, 0.2) is 29.4 Å². The predicted molar refractivity (Wildman–Crippen MR) is 144 cm³/mol. The van der Waals surface area contributed by atoms with Crippen LogP contribution in [0, 0.1) is 12.0 Å². The molecule has 2 atom stereocenters. The van der Waals surface area contributed by atoms with E-state index in [0.29, 0.717) is 25.3 Å². The number of methoxy groups -OCH3 is 1. The summed E-state index contributed by atoms with van der Waals surface area (Å²) in [6, 6.07) is 5.59. The molecule has 0 aliphatic carbocycles. The molecule has 6 rings (SSSR count). The number of hydrogen-bond donors (Lipinski definition) is 1. The first-order valence-corrected chi connectivity index (χ1v) is 13.1. The molecule has 4 aliphatic heterocycles. The molecule has 4 aliphatic rings. The number of esters is 1. The number of benzene rings is 1. The summed E-state index contributed by atoms with van der Waals surface area (Å²) in [6.07, 6.45) is 3.93. The zero-order valence-electron chi connectivity index (χ0n) is 21.8. The van der Waals surface area contributed by atoms with E-state index in [1.807, 2.05) is 23.2 Å². The highest BCUT2D eigenvalue weighted by atomic mass is 16.5. The van der Waals surface area contributed by atoms with Gasteiger partial charge < -0.3 is 29.9 Å². The second kappa shape index (κ2) is 9.53. The lowest BCUT2D eigenvalue weighted by atomic mass is 9.73. The molecule has 0 amide bonds. The van der Waals surface area contributed by atoms with Crippen molar-refractivity contribution < 1.29 is 14.3 Å². The Morgan fingerprint density at radius 1 is 1.26 bits per heavy atom. The standard InChI is InChI=1S/C27H32N8O3/c1-17-25(28)27(16-38-17)6-8-33(9-7-27)22-14-30-24-19(32-22)13-31-26(24)35-11-10-34(15-23(36)37-3)21-12-18(29-2)4-5-20(21)35/h4-5,12,14,17,25H,6-11,13,15-16,28H2,1,3H3/t17-,25+/m0/s1. The Kier molecular flexibility index (Phi) is 6.16. The van der Waals surface area contributed by atoms with Crippen molar-refractivity contribution in [1.29, 1.82) is 0 Å². The van der Waals surface area contributed by atoms with Crippen LogP contribution in [-0.4, -0.2) is 80.4 Å². The van der Waals surface area contributed by atoms with E-state index in [4.69, 9.17) is 36.7 Å². The summed E-state index contributed by atoms with van der Waals surface area (Å²) in [6.45, 7) is 13.8. The van der Waals surface area contributed by atoms with Crippen LogP contribution in [0.1, 0.15) is 31.2 Å². The van der Waals surface area contributed by atoms with Gasteiger partial charge in [-0.05, 0) is 31.9 Å². The summed E-state index contributed by atoms with van der Waals surface area (Å²) in [5, 5.41) is 0. The van der Waals surface area contributed by atoms with Crippen LogP contribution in [0.4, 0.5) is 22.9 Å². The number of aromatic nitrogens is 2. The molecule has 5 heterocycles. The lowest BCUT2D eigenvalue weighted by Gasteiger charge is -2.41. The van der Waals surface area contributed by atoms with Gasteiger partial charge in [0.15, 0.2) is 11.5 Å². The van der Waals surface area contributed by atoms with Crippen molar-refractivity contribution in [3.8, 4) is 0 Å². The fraction of sp³-hybridized carbons (Fsp3) is 0.519. The molecule has 1 aromatic heterocycles. The molecule has 2 saturated heterocycles. The van der Waals surface area contributed by atoms with Gasteiger partial charge in [0, 0.05) is 37.6 Å². The van der Waals surface area contributed by atoms with E-state index >= 15 is 0 Å². The van der Waals surface area contributed by atoms with E-state index in [9.17, 15) is 4.79 Å². The van der Waals surface area contributed by atoms with Crippen molar-refractivity contribution in [2.45, 2.75) is 38.5 Å². The SMILES string of the molecule is [C-]#[N+]c1ccc2c(c1)N(CC(=O)OC)CCN2C1=NCc2nc(N3CCC4(CC3)CO[C@@H](C)[C@H]4N)cnc21. The van der Waals surface area contributed by atoms with E-state index in [-0.39, 0.29) is 30.1 Å². The number of amidine groups is 1. The Balaban J connectivity index is 1.22. The molecule has 2 N–H and O–H groups in total. The highest BCUT2D eigenvalue weighted by Crippen LogP contribution is 2.42. The van der Waals surface area contributed by atoms with Crippen molar-refractivity contribution >= 4 is 34.7 Å². The lowest BCUT2D eigenvalue weighted by Crippen LogP contribution is -2.50. The third kappa shape index (κ3) is 4.04. The van der Waals surface area contributed by atoms with E-state index in [1.165, 1.54) is 7.11 Å². The summed E-state index contributed by atoms with van der Waals surface area (Å²) in [4.78, 5) is 36.6. The van der Waals surface area contributed by atoms with Gasteiger partial charge in [-0.1, -0.05) is 6.07 Å². The van der Waals surface area contributed by atoms with Crippen LogP contribution in [0.2, 0.25) is 0 Å². The number of ether oxygens (including phenoxy) is 2. The van der Waals surface area contributed by atoms with E-state index in [0.717, 1.165) is 67.0 Å². The average Bonchev–Trinajstić information content (AvgIpc) is 3.49. The highest BCUT2D eigenvalue weighted by molar-refractivity contribution is 6.13. The molecule has 0 bridgehead atoms. The molecular formula is C27H32N8O3. The van der Waals surface area contributed by atoms with Gasteiger partial charge in [0.1, 0.15) is 18.1 Å². The molecule has 0 saturated carbocycles. The number of anilines is 3. The Hall–Kier alpha value is -3.75. The fourth-order valence-electron chi connectivity index (χ4n) is 6.09. The van der Waals surface area contributed by atoms with Gasteiger partial charge in [0.05, 0.1) is 56.2 Å². The first-order chi connectivity index (χ1) is 18.4. The zero-order chi connectivity index (χ0) is 26.4. The maximum absolute atomic E-state index is 12.0. The summed E-state index contributed by atoms with van der Waals surface area (Å²) >= 11 is 0. The van der Waals surface area contributed by atoms with Crippen molar-refractivity contribution in [3.05, 3.63) is 47.2 Å². The normalized spacial score (nSPS) is 23.6. The van der Waals surface area contributed by atoms with Crippen molar-refractivity contribution in [3.63, 3.8) is 0 Å². The summed E-state index contributed by atoms with van der Waals surface area (Å²) in [5.74, 6) is 1.33. The number of rotatable bonds is 3. The molecule has 38 heavy (non-hydrogen) atoms. The number of fused-ring (bicyclic) bond motifs is 2. The van der Waals surface area contributed by atoms with Crippen LogP contribution < -0.4 is 20.4 Å². The Labute approximate surface area is 222 Å². The molecule has 1 aromatic carbocycles. The number of carbonyl (C=O) groups is 1. The van der Waals surface area contributed by atoms with E-state index in [1.54, 1.807) is 6.07 Å². The number of hydrogen-bond acceptors (Lipinski definition) is 10. The third-order valence-electron chi connectivity index (χ3n) is 8.47. The van der Waals surface area contributed by atoms with Crippen LogP contribution in [0.25, 0.3) is 4.85 Å². The Bertz CT molecular complexity index is 1330. The molecule has 11 heteroatoms. The van der Waals surface area contributed by atoms with Crippen LogP contribution in [0.5, 0.6) is 0 Å². The largest absolute Gasteiger partial charge is 0.468 e. The van der Waals surface area contributed by atoms with Crippen molar-refractivity contribution in [2.24, 2.45) is 16.1 Å². The third-order valence-corrected chi connectivity index (χ3v) is 8.47. The van der Waals surface area contributed by atoms with Gasteiger partial charge in [-0.25, -0.2) is 14.8 Å². The van der Waals surface area contributed by atoms with Gasteiger partial charge in [0.2, 0.25) is 0 Å². The summed E-state index contributed by atoms with van der Waals surface area (Å²) in [5.41, 5.74) is 10.4. The fourth-order valence-corrected chi connectivity index (χ4v) is 6.09. The first kappa shape index (κ1) is 24.6. The monoisotopic (exact) mass is 516 g/mol. The molecular weight excluding hydrogens is 484 g/mol. The summed E-state index contributed by atoms with van der Waals surface area (Å²) in [7, 11) is 1.38. The van der Waals surface area contributed by atoms with Crippen molar-refractivity contribution in [1.82, 2.24) is 9.97 Å². The zero-order valence-corrected chi connectivity index (χ0v) is 21.8. The number of nitrogens with two attached hydrogens (primary N) is 1. The molecule has 1 spiro atoms. The average molecular weight is 517 g/mol. The second-order valence-corrected chi connectivity index (χ2v) is 10.5. The van der Waals surface area contributed by atoms with Crippen molar-refractivity contribution in [2.75, 3.05) is 61.1 Å². The minimum absolute atomic E-state index is 0.0624. The smallest absolute Gasteiger partial charge is 0.325 e. The minimum atomic E-state index is -0.319. The molecule has 198 valence electrons. The topological polar surface area (TPSA) is 114 Å². The van der Waals surface area contributed by atoms with Gasteiger partial charge in [-0.15, -0.1) is 0 Å². The molecule has 2 aromatic rings. The van der Waals surface area contributed by atoms with Crippen LogP contribution >= 0.6 is 0 Å². The number of nitrogens with zero attached hydrogens (tertiary/aromatic N) is 7. The lowest BCUT2D eigenvalue weighted by molar-refractivity contribution is -0.138. The summed E-state index contributed by atoms with van der Waals surface area (Å²) < 4.78 is 10.7. The van der Waals surface area contributed by atoms with Gasteiger partial charge >= 0.3 is 5.97 Å². The van der Waals surface area contributed by atoms with Gasteiger partial charge in [-0.2, -0.15) is 0 Å². The van der Waals surface area contributed by atoms with Gasteiger partial charge in [-0.3, -0.25) is 9.79 Å². The molecule has 0 unspecified atom stereocenters.